The number of rotatable bonds is 5. The molecule has 0 aromatic heterocycles. The highest BCUT2D eigenvalue weighted by Crippen LogP contribution is 2.21. The van der Waals surface area contributed by atoms with Gasteiger partial charge in [-0.15, -0.1) is 12.4 Å². The zero-order chi connectivity index (χ0) is 14.6. The van der Waals surface area contributed by atoms with Crippen LogP contribution in [0.5, 0.6) is 0 Å². The van der Waals surface area contributed by atoms with Gasteiger partial charge in [0.05, 0.1) is 5.75 Å². The smallest absolute Gasteiger partial charge is 0.218 e. The molecule has 21 heavy (non-hydrogen) atoms. The molecule has 1 N–H and O–H groups in total. The predicted molar refractivity (Wildman–Crippen MR) is 84.5 cm³/mol. The van der Waals surface area contributed by atoms with Crippen LogP contribution in [-0.4, -0.2) is 39.4 Å². The zero-order valence-electron chi connectivity index (χ0n) is 12.1. The topological polar surface area (TPSA) is 49.4 Å². The molecule has 4 nitrogen and oxygen atoms in total. The van der Waals surface area contributed by atoms with Crippen LogP contribution in [0.15, 0.2) is 24.3 Å². The maximum Gasteiger partial charge on any atom is 0.218 e. The Bertz CT molecular complexity index is 528. The lowest BCUT2D eigenvalue weighted by molar-refractivity contribution is 0.270. The molecule has 1 heterocycles. The van der Waals surface area contributed by atoms with Gasteiger partial charge in [0.1, 0.15) is 5.82 Å². The standard InChI is InChI=1S/C14H21FN2O2S.ClH/c1-16-10-12-6-8-17(9-7-12)20(18,19)11-13-2-4-14(15)5-3-13;/h2-5,12,16H,6-11H2,1H3;1H. The Morgan fingerprint density at radius 1 is 1.24 bits per heavy atom. The largest absolute Gasteiger partial charge is 0.319 e. The molecule has 1 aromatic rings. The van der Waals surface area contributed by atoms with E-state index in [1.165, 1.54) is 24.3 Å². The molecule has 0 bridgehead atoms. The molecule has 1 aliphatic rings. The van der Waals surface area contributed by atoms with E-state index in [9.17, 15) is 12.8 Å². The summed E-state index contributed by atoms with van der Waals surface area (Å²) in [5, 5.41) is 3.13. The highest BCUT2D eigenvalue weighted by atomic mass is 35.5. The molecule has 2 rings (SSSR count). The first-order valence-corrected chi connectivity index (χ1v) is 8.49. The Balaban J connectivity index is 0.00000220. The van der Waals surface area contributed by atoms with Gasteiger partial charge >= 0.3 is 0 Å². The third kappa shape index (κ3) is 5.21. The van der Waals surface area contributed by atoms with E-state index in [4.69, 9.17) is 0 Å². The molecular weight excluding hydrogens is 315 g/mol. The Morgan fingerprint density at radius 2 is 1.81 bits per heavy atom. The second-order valence-electron chi connectivity index (χ2n) is 5.28. The summed E-state index contributed by atoms with van der Waals surface area (Å²) in [6.45, 7) is 2.09. The van der Waals surface area contributed by atoms with Crippen LogP contribution in [0.4, 0.5) is 4.39 Å². The maximum atomic E-state index is 12.8. The van der Waals surface area contributed by atoms with E-state index in [1.807, 2.05) is 7.05 Å². The van der Waals surface area contributed by atoms with Gasteiger partial charge in [0.2, 0.25) is 10.0 Å². The van der Waals surface area contributed by atoms with Gasteiger partial charge in [-0.2, -0.15) is 0 Å². The van der Waals surface area contributed by atoms with Crippen molar-refractivity contribution in [2.75, 3.05) is 26.7 Å². The molecule has 0 aliphatic carbocycles. The van der Waals surface area contributed by atoms with Gasteiger partial charge in [0, 0.05) is 13.1 Å². The van der Waals surface area contributed by atoms with Gasteiger partial charge in [-0.25, -0.2) is 17.1 Å². The van der Waals surface area contributed by atoms with Crippen molar-refractivity contribution < 1.29 is 12.8 Å². The van der Waals surface area contributed by atoms with Gasteiger partial charge in [0.25, 0.3) is 0 Å². The van der Waals surface area contributed by atoms with Crippen molar-refractivity contribution in [3.8, 4) is 0 Å². The molecule has 0 spiro atoms. The molecule has 1 aliphatic heterocycles. The fourth-order valence-electron chi connectivity index (χ4n) is 2.56. The number of halogens is 2. The van der Waals surface area contributed by atoms with Gasteiger partial charge in [-0.1, -0.05) is 12.1 Å². The van der Waals surface area contributed by atoms with E-state index < -0.39 is 10.0 Å². The van der Waals surface area contributed by atoms with E-state index in [2.05, 4.69) is 5.32 Å². The normalized spacial score (nSPS) is 17.4. The average Bonchev–Trinajstić information content (AvgIpc) is 2.42. The van der Waals surface area contributed by atoms with E-state index in [-0.39, 0.29) is 24.0 Å². The molecule has 0 amide bonds. The van der Waals surface area contributed by atoms with E-state index in [0.29, 0.717) is 24.6 Å². The first-order chi connectivity index (χ1) is 9.51. The number of piperidine rings is 1. The highest BCUT2D eigenvalue weighted by molar-refractivity contribution is 7.88. The molecule has 120 valence electrons. The van der Waals surface area contributed by atoms with Crippen LogP contribution in [0.3, 0.4) is 0 Å². The minimum atomic E-state index is -3.30. The lowest BCUT2D eigenvalue weighted by Gasteiger charge is -2.31. The van der Waals surface area contributed by atoms with Crippen LogP contribution in [0.2, 0.25) is 0 Å². The highest BCUT2D eigenvalue weighted by Gasteiger charge is 2.27. The number of sulfonamides is 1. The summed E-state index contributed by atoms with van der Waals surface area (Å²) in [6.07, 6.45) is 1.78. The fourth-order valence-corrected chi connectivity index (χ4v) is 4.13. The summed E-state index contributed by atoms with van der Waals surface area (Å²) in [4.78, 5) is 0. The fraction of sp³-hybridized carbons (Fsp3) is 0.571. The number of hydrogen-bond donors (Lipinski definition) is 1. The van der Waals surface area contributed by atoms with Crippen molar-refractivity contribution in [2.45, 2.75) is 18.6 Å². The Morgan fingerprint density at radius 3 is 2.33 bits per heavy atom. The molecule has 1 aromatic carbocycles. The molecule has 1 saturated heterocycles. The number of nitrogens with zero attached hydrogens (tertiary/aromatic N) is 1. The van der Waals surface area contributed by atoms with Gasteiger partial charge < -0.3 is 5.32 Å². The van der Waals surface area contributed by atoms with Gasteiger partial charge in [-0.05, 0) is 50.0 Å². The third-order valence-corrected chi connectivity index (χ3v) is 5.57. The minimum absolute atomic E-state index is 0. The quantitative estimate of drug-likeness (QED) is 0.894. The van der Waals surface area contributed by atoms with Crippen molar-refractivity contribution in [1.29, 1.82) is 0 Å². The molecule has 0 radical (unpaired) electrons. The summed E-state index contributed by atoms with van der Waals surface area (Å²) in [7, 11) is -1.38. The maximum absolute atomic E-state index is 12.8. The molecule has 1 fully saturated rings. The second-order valence-corrected chi connectivity index (χ2v) is 7.25. The number of hydrogen-bond acceptors (Lipinski definition) is 3. The van der Waals surface area contributed by atoms with E-state index >= 15 is 0 Å². The molecule has 0 unspecified atom stereocenters. The van der Waals surface area contributed by atoms with Crippen LogP contribution in [0.1, 0.15) is 18.4 Å². The summed E-state index contributed by atoms with van der Waals surface area (Å²) >= 11 is 0. The zero-order valence-corrected chi connectivity index (χ0v) is 13.7. The summed E-state index contributed by atoms with van der Waals surface area (Å²) < 4.78 is 39.0. The predicted octanol–water partition coefficient (Wildman–Crippen LogP) is 2.01. The van der Waals surface area contributed by atoms with Crippen molar-refractivity contribution in [1.82, 2.24) is 9.62 Å². The van der Waals surface area contributed by atoms with Crippen molar-refractivity contribution in [3.05, 3.63) is 35.6 Å². The average molecular weight is 337 g/mol. The Labute approximate surface area is 132 Å². The number of benzene rings is 1. The van der Waals surface area contributed by atoms with Crippen LogP contribution in [0.25, 0.3) is 0 Å². The molecule has 0 atom stereocenters. The third-order valence-electron chi connectivity index (χ3n) is 3.72. The first kappa shape index (κ1) is 18.4. The van der Waals surface area contributed by atoms with Crippen LogP contribution < -0.4 is 5.32 Å². The van der Waals surface area contributed by atoms with Crippen LogP contribution in [-0.2, 0) is 15.8 Å². The second kappa shape index (κ2) is 8.08. The van der Waals surface area contributed by atoms with Crippen LogP contribution in [0, 0.1) is 11.7 Å². The number of nitrogens with one attached hydrogen (secondary N) is 1. The van der Waals surface area contributed by atoms with Gasteiger partial charge in [0.15, 0.2) is 0 Å². The lowest BCUT2D eigenvalue weighted by atomic mass is 9.98. The van der Waals surface area contributed by atoms with Crippen molar-refractivity contribution >= 4 is 22.4 Å². The Kier molecular flexibility index (Phi) is 7.06. The SMILES string of the molecule is CNCC1CCN(S(=O)(=O)Cc2ccc(F)cc2)CC1.Cl. The summed E-state index contributed by atoms with van der Waals surface area (Å²) in [6, 6.07) is 5.65. The van der Waals surface area contributed by atoms with E-state index in [1.54, 1.807) is 4.31 Å². The van der Waals surface area contributed by atoms with Crippen molar-refractivity contribution in [3.63, 3.8) is 0 Å². The van der Waals surface area contributed by atoms with E-state index in [0.717, 1.165) is 19.4 Å². The monoisotopic (exact) mass is 336 g/mol. The molecule has 0 saturated carbocycles. The lowest BCUT2D eigenvalue weighted by Crippen LogP contribution is -2.40. The Hall–Kier alpha value is -0.690. The van der Waals surface area contributed by atoms with Crippen molar-refractivity contribution in [2.24, 2.45) is 5.92 Å². The summed E-state index contributed by atoms with van der Waals surface area (Å²) in [5.74, 6) is 0.153. The summed E-state index contributed by atoms with van der Waals surface area (Å²) in [5.41, 5.74) is 0.628. The first-order valence-electron chi connectivity index (χ1n) is 6.88. The van der Waals surface area contributed by atoms with Crippen LogP contribution >= 0.6 is 12.4 Å². The minimum Gasteiger partial charge on any atom is -0.319 e. The molecular formula is C14H22ClFN2O2S. The molecule has 7 heteroatoms. The van der Waals surface area contributed by atoms with Gasteiger partial charge in [-0.3, -0.25) is 0 Å².